The molecule has 0 aromatic rings. The summed E-state index contributed by atoms with van der Waals surface area (Å²) in [5, 5.41) is 0.264. The number of hydrogen-bond acceptors (Lipinski definition) is 3. The number of nitrogens with zero attached hydrogens (tertiary/aromatic N) is 1. The molecule has 0 aromatic heterocycles. The van der Waals surface area contributed by atoms with Crippen molar-refractivity contribution in [2.45, 2.75) is 63.0 Å². The van der Waals surface area contributed by atoms with Gasteiger partial charge in [0.15, 0.2) is 0 Å². The molecule has 0 bridgehead atoms. The molecule has 1 aliphatic rings. The summed E-state index contributed by atoms with van der Waals surface area (Å²) < 4.78 is 0. The Labute approximate surface area is 117 Å². The number of likely N-dealkylation sites (tertiary alicyclic amines) is 1. The highest BCUT2D eigenvalue weighted by molar-refractivity contribution is 7.81. The molecule has 1 heterocycles. The molecular weight excluding hydrogens is 244 g/mol. The SMILES string of the molecule is NCCCCCCCCCCN1CC(S)CC1=O. The normalized spacial score (nSPS) is 19.8. The molecule has 2 N–H and O–H groups in total. The molecule has 1 rings (SSSR count). The van der Waals surface area contributed by atoms with Gasteiger partial charge in [-0.05, 0) is 19.4 Å². The van der Waals surface area contributed by atoms with Gasteiger partial charge in [-0.3, -0.25) is 4.79 Å². The van der Waals surface area contributed by atoms with Crippen LogP contribution in [0.2, 0.25) is 0 Å². The third-order valence-corrected chi connectivity index (χ3v) is 3.92. The summed E-state index contributed by atoms with van der Waals surface area (Å²) in [6.45, 7) is 2.61. The maximum Gasteiger partial charge on any atom is 0.223 e. The van der Waals surface area contributed by atoms with E-state index in [1.807, 2.05) is 4.90 Å². The van der Waals surface area contributed by atoms with Crippen molar-refractivity contribution < 1.29 is 4.79 Å². The monoisotopic (exact) mass is 272 g/mol. The number of carbonyl (C=O) groups is 1. The highest BCUT2D eigenvalue weighted by atomic mass is 32.1. The van der Waals surface area contributed by atoms with E-state index >= 15 is 0 Å². The molecule has 0 saturated carbocycles. The molecule has 1 unspecified atom stereocenters. The van der Waals surface area contributed by atoms with Gasteiger partial charge in [-0.1, -0.05) is 38.5 Å². The molecule has 0 aliphatic carbocycles. The minimum absolute atomic E-state index is 0.264. The first-order valence-corrected chi connectivity index (χ1v) is 7.91. The lowest BCUT2D eigenvalue weighted by Gasteiger charge is -2.15. The van der Waals surface area contributed by atoms with Crippen LogP contribution in [0.5, 0.6) is 0 Å². The summed E-state index contributed by atoms with van der Waals surface area (Å²) in [7, 11) is 0. The zero-order chi connectivity index (χ0) is 13.2. The van der Waals surface area contributed by atoms with E-state index in [4.69, 9.17) is 5.73 Å². The Hall–Kier alpha value is -0.220. The van der Waals surface area contributed by atoms with E-state index in [-0.39, 0.29) is 11.2 Å². The number of unbranched alkanes of at least 4 members (excludes halogenated alkanes) is 7. The zero-order valence-corrected chi connectivity index (χ0v) is 12.3. The molecule has 18 heavy (non-hydrogen) atoms. The van der Waals surface area contributed by atoms with Crippen molar-refractivity contribution in [1.29, 1.82) is 0 Å². The van der Waals surface area contributed by atoms with Crippen molar-refractivity contribution >= 4 is 18.5 Å². The van der Waals surface area contributed by atoms with E-state index in [1.165, 1.54) is 44.9 Å². The van der Waals surface area contributed by atoms with Gasteiger partial charge in [-0.15, -0.1) is 0 Å². The predicted octanol–water partition coefficient (Wildman–Crippen LogP) is 2.60. The van der Waals surface area contributed by atoms with Gasteiger partial charge in [0.25, 0.3) is 0 Å². The lowest BCUT2D eigenvalue weighted by molar-refractivity contribution is -0.127. The third-order valence-electron chi connectivity index (χ3n) is 3.58. The van der Waals surface area contributed by atoms with Crippen LogP contribution < -0.4 is 5.73 Å². The van der Waals surface area contributed by atoms with Crippen molar-refractivity contribution in [3.8, 4) is 0 Å². The van der Waals surface area contributed by atoms with Crippen molar-refractivity contribution in [2.24, 2.45) is 5.73 Å². The second kappa shape index (κ2) is 9.68. The molecule has 3 nitrogen and oxygen atoms in total. The molecule has 0 aromatic carbocycles. The van der Waals surface area contributed by atoms with Crippen LogP contribution in [-0.2, 0) is 4.79 Å². The van der Waals surface area contributed by atoms with E-state index in [0.29, 0.717) is 6.42 Å². The van der Waals surface area contributed by atoms with Gasteiger partial charge in [0.1, 0.15) is 0 Å². The first kappa shape index (κ1) is 15.8. The number of rotatable bonds is 10. The van der Waals surface area contributed by atoms with Gasteiger partial charge in [0, 0.05) is 24.8 Å². The Balaban J connectivity index is 1.85. The Kier molecular flexibility index (Phi) is 8.51. The molecule has 0 spiro atoms. The predicted molar refractivity (Wildman–Crippen MR) is 80.0 cm³/mol. The molecule has 1 aliphatic heterocycles. The molecule has 1 saturated heterocycles. The smallest absolute Gasteiger partial charge is 0.223 e. The summed E-state index contributed by atoms with van der Waals surface area (Å²) in [4.78, 5) is 13.5. The van der Waals surface area contributed by atoms with Gasteiger partial charge >= 0.3 is 0 Å². The number of hydrogen-bond donors (Lipinski definition) is 2. The van der Waals surface area contributed by atoms with E-state index < -0.39 is 0 Å². The fourth-order valence-corrected chi connectivity index (χ4v) is 2.83. The summed E-state index contributed by atoms with van der Waals surface area (Å²) >= 11 is 4.36. The van der Waals surface area contributed by atoms with Gasteiger partial charge in [-0.25, -0.2) is 0 Å². The van der Waals surface area contributed by atoms with Crippen LogP contribution >= 0.6 is 12.6 Å². The third kappa shape index (κ3) is 6.64. The number of thiol groups is 1. The van der Waals surface area contributed by atoms with Gasteiger partial charge < -0.3 is 10.6 Å². The van der Waals surface area contributed by atoms with E-state index in [9.17, 15) is 4.79 Å². The molecule has 4 heteroatoms. The average molecular weight is 272 g/mol. The van der Waals surface area contributed by atoms with Crippen LogP contribution in [-0.4, -0.2) is 35.7 Å². The Morgan fingerprint density at radius 1 is 1.06 bits per heavy atom. The topological polar surface area (TPSA) is 46.3 Å². The molecule has 0 radical (unpaired) electrons. The summed E-state index contributed by atoms with van der Waals surface area (Å²) in [5.41, 5.74) is 5.45. The van der Waals surface area contributed by atoms with E-state index in [1.54, 1.807) is 0 Å². The zero-order valence-electron chi connectivity index (χ0n) is 11.4. The van der Waals surface area contributed by atoms with Crippen molar-refractivity contribution in [1.82, 2.24) is 4.90 Å². The molecule has 106 valence electrons. The minimum Gasteiger partial charge on any atom is -0.342 e. The number of nitrogens with two attached hydrogens (primary N) is 1. The van der Waals surface area contributed by atoms with Crippen molar-refractivity contribution in [3.63, 3.8) is 0 Å². The fourth-order valence-electron chi connectivity index (χ4n) is 2.48. The van der Waals surface area contributed by atoms with Crippen molar-refractivity contribution in [3.05, 3.63) is 0 Å². The standard InChI is InChI=1S/C14H28N2OS/c15-9-7-5-3-1-2-4-6-8-10-16-12-13(18)11-14(16)17/h13,18H,1-12,15H2. The first-order valence-electron chi connectivity index (χ1n) is 7.40. The average Bonchev–Trinajstić information content (AvgIpc) is 2.66. The molecular formula is C14H28N2OS. The lowest BCUT2D eigenvalue weighted by Crippen LogP contribution is -2.26. The van der Waals surface area contributed by atoms with Gasteiger partial charge in [-0.2, -0.15) is 12.6 Å². The quantitative estimate of drug-likeness (QED) is 0.474. The molecule has 1 amide bonds. The van der Waals surface area contributed by atoms with Gasteiger partial charge in [0.2, 0.25) is 5.91 Å². The largest absolute Gasteiger partial charge is 0.342 e. The second-order valence-electron chi connectivity index (χ2n) is 5.31. The minimum atomic E-state index is 0.264. The highest BCUT2D eigenvalue weighted by Crippen LogP contribution is 2.17. The Bertz CT molecular complexity index is 236. The Morgan fingerprint density at radius 2 is 1.61 bits per heavy atom. The van der Waals surface area contributed by atoms with E-state index in [0.717, 1.165) is 26.1 Å². The maximum absolute atomic E-state index is 11.5. The van der Waals surface area contributed by atoms with Crippen LogP contribution in [0.15, 0.2) is 0 Å². The van der Waals surface area contributed by atoms with Crippen LogP contribution in [0.1, 0.15) is 57.8 Å². The lowest BCUT2D eigenvalue weighted by atomic mass is 10.1. The van der Waals surface area contributed by atoms with Crippen LogP contribution in [0.4, 0.5) is 0 Å². The number of carbonyl (C=O) groups excluding carboxylic acids is 1. The maximum atomic E-state index is 11.5. The summed E-state index contributed by atoms with van der Waals surface area (Å²) in [6, 6.07) is 0. The number of amides is 1. The molecule has 1 fully saturated rings. The summed E-state index contributed by atoms with van der Waals surface area (Å²) in [5.74, 6) is 0.289. The Morgan fingerprint density at radius 3 is 2.11 bits per heavy atom. The first-order chi connectivity index (χ1) is 8.74. The fraction of sp³-hybridized carbons (Fsp3) is 0.929. The second-order valence-corrected chi connectivity index (χ2v) is 6.05. The highest BCUT2D eigenvalue weighted by Gasteiger charge is 2.26. The van der Waals surface area contributed by atoms with Crippen LogP contribution in [0, 0.1) is 0 Å². The van der Waals surface area contributed by atoms with E-state index in [2.05, 4.69) is 12.6 Å². The summed E-state index contributed by atoms with van der Waals surface area (Å²) in [6.07, 6.45) is 10.8. The van der Waals surface area contributed by atoms with Crippen LogP contribution in [0.25, 0.3) is 0 Å². The van der Waals surface area contributed by atoms with Crippen LogP contribution in [0.3, 0.4) is 0 Å². The molecule has 1 atom stereocenters. The van der Waals surface area contributed by atoms with Crippen molar-refractivity contribution in [2.75, 3.05) is 19.6 Å². The van der Waals surface area contributed by atoms with Gasteiger partial charge in [0.05, 0.1) is 0 Å².